The molecule has 0 saturated carbocycles. The normalized spacial score (nSPS) is 23.4. The lowest BCUT2D eigenvalue weighted by Gasteiger charge is -2.44. The highest BCUT2D eigenvalue weighted by Gasteiger charge is 2.35. The predicted molar refractivity (Wildman–Crippen MR) is 76.5 cm³/mol. The fourth-order valence-electron chi connectivity index (χ4n) is 2.95. The SMILES string of the molecule is CCc1ccc(N2CCC3CNCCN3C2=O)cc1. The van der Waals surface area contributed by atoms with Crippen LogP contribution in [0.4, 0.5) is 10.5 Å². The van der Waals surface area contributed by atoms with Crippen molar-refractivity contribution >= 4 is 11.7 Å². The third kappa shape index (κ3) is 2.32. The molecule has 0 aromatic heterocycles. The van der Waals surface area contributed by atoms with Crippen LogP contribution >= 0.6 is 0 Å². The first-order valence-corrected chi connectivity index (χ1v) is 7.17. The number of carbonyl (C=O) groups is 1. The number of urea groups is 1. The quantitative estimate of drug-likeness (QED) is 0.880. The second-order valence-electron chi connectivity index (χ2n) is 5.29. The van der Waals surface area contributed by atoms with E-state index in [2.05, 4.69) is 36.5 Å². The summed E-state index contributed by atoms with van der Waals surface area (Å²) in [7, 11) is 0. The van der Waals surface area contributed by atoms with E-state index in [1.807, 2.05) is 9.80 Å². The van der Waals surface area contributed by atoms with E-state index in [4.69, 9.17) is 0 Å². The Labute approximate surface area is 114 Å². The molecule has 2 aliphatic rings. The van der Waals surface area contributed by atoms with Crippen LogP contribution in [0.2, 0.25) is 0 Å². The van der Waals surface area contributed by atoms with Gasteiger partial charge in [-0.1, -0.05) is 19.1 Å². The van der Waals surface area contributed by atoms with Gasteiger partial charge in [-0.3, -0.25) is 4.90 Å². The molecular weight excluding hydrogens is 238 g/mol. The molecule has 2 aliphatic heterocycles. The highest BCUT2D eigenvalue weighted by atomic mass is 16.2. The molecule has 0 bridgehead atoms. The van der Waals surface area contributed by atoms with E-state index in [9.17, 15) is 4.79 Å². The number of hydrogen-bond acceptors (Lipinski definition) is 2. The zero-order chi connectivity index (χ0) is 13.2. The van der Waals surface area contributed by atoms with Gasteiger partial charge in [0, 0.05) is 37.9 Å². The van der Waals surface area contributed by atoms with Gasteiger partial charge in [-0.25, -0.2) is 4.79 Å². The molecule has 0 radical (unpaired) electrons. The highest BCUT2D eigenvalue weighted by molar-refractivity contribution is 5.93. The van der Waals surface area contributed by atoms with Crippen LogP contribution in [0.1, 0.15) is 18.9 Å². The van der Waals surface area contributed by atoms with E-state index in [-0.39, 0.29) is 6.03 Å². The highest BCUT2D eigenvalue weighted by Crippen LogP contribution is 2.24. The van der Waals surface area contributed by atoms with Crippen molar-refractivity contribution in [3.63, 3.8) is 0 Å². The lowest BCUT2D eigenvalue weighted by molar-refractivity contribution is 0.147. The average molecular weight is 259 g/mol. The first kappa shape index (κ1) is 12.5. The Bertz CT molecular complexity index is 457. The molecule has 0 spiro atoms. The number of hydrogen-bond donors (Lipinski definition) is 1. The van der Waals surface area contributed by atoms with Gasteiger partial charge in [0.25, 0.3) is 0 Å². The topological polar surface area (TPSA) is 35.6 Å². The fraction of sp³-hybridized carbons (Fsp3) is 0.533. The van der Waals surface area contributed by atoms with E-state index in [0.717, 1.165) is 44.7 Å². The Balaban J connectivity index is 1.79. The maximum absolute atomic E-state index is 12.5. The second-order valence-corrected chi connectivity index (χ2v) is 5.29. The third-order valence-corrected chi connectivity index (χ3v) is 4.17. The van der Waals surface area contributed by atoms with Crippen molar-refractivity contribution in [1.82, 2.24) is 10.2 Å². The van der Waals surface area contributed by atoms with Crippen LogP contribution in [0.5, 0.6) is 0 Å². The fourth-order valence-corrected chi connectivity index (χ4v) is 2.95. The van der Waals surface area contributed by atoms with Crippen LogP contribution < -0.4 is 10.2 Å². The lowest BCUT2D eigenvalue weighted by Crippen LogP contribution is -2.61. The minimum atomic E-state index is 0.169. The molecule has 0 aliphatic carbocycles. The molecule has 19 heavy (non-hydrogen) atoms. The van der Waals surface area contributed by atoms with Crippen LogP contribution in [0.15, 0.2) is 24.3 Å². The number of piperazine rings is 1. The molecule has 2 saturated heterocycles. The number of amides is 2. The number of fused-ring (bicyclic) bond motifs is 1. The van der Waals surface area contributed by atoms with Gasteiger partial charge in [0.05, 0.1) is 0 Å². The largest absolute Gasteiger partial charge is 0.324 e. The van der Waals surface area contributed by atoms with Crippen molar-refractivity contribution in [3.05, 3.63) is 29.8 Å². The minimum absolute atomic E-state index is 0.169. The van der Waals surface area contributed by atoms with Crippen molar-refractivity contribution in [3.8, 4) is 0 Å². The number of carbonyl (C=O) groups excluding carboxylic acids is 1. The van der Waals surface area contributed by atoms with Gasteiger partial charge in [-0.2, -0.15) is 0 Å². The van der Waals surface area contributed by atoms with Crippen molar-refractivity contribution in [1.29, 1.82) is 0 Å². The van der Waals surface area contributed by atoms with Gasteiger partial charge in [0.15, 0.2) is 0 Å². The summed E-state index contributed by atoms with van der Waals surface area (Å²) in [4.78, 5) is 16.5. The van der Waals surface area contributed by atoms with Gasteiger partial charge in [0.1, 0.15) is 0 Å². The van der Waals surface area contributed by atoms with Gasteiger partial charge in [-0.15, -0.1) is 0 Å². The lowest BCUT2D eigenvalue weighted by atomic mass is 10.1. The number of nitrogens with one attached hydrogen (secondary N) is 1. The Morgan fingerprint density at radius 2 is 2.05 bits per heavy atom. The summed E-state index contributed by atoms with van der Waals surface area (Å²) in [6.07, 6.45) is 2.09. The molecule has 4 nitrogen and oxygen atoms in total. The zero-order valence-electron chi connectivity index (χ0n) is 11.4. The second kappa shape index (κ2) is 5.21. The molecule has 2 heterocycles. The van der Waals surface area contributed by atoms with E-state index < -0.39 is 0 Å². The van der Waals surface area contributed by atoms with Crippen molar-refractivity contribution in [2.24, 2.45) is 0 Å². The van der Waals surface area contributed by atoms with Crippen molar-refractivity contribution in [2.75, 3.05) is 31.1 Å². The van der Waals surface area contributed by atoms with Gasteiger partial charge in [0.2, 0.25) is 0 Å². The molecule has 3 rings (SSSR count). The summed E-state index contributed by atoms with van der Waals surface area (Å²) in [5, 5.41) is 3.36. The van der Waals surface area contributed by atoms with Crippen molar-refractivity contribution in [2.45, 2.75) is 25.8 Å². The summed E-state index contributed by atoms with van der Waals surface area (Å²) in [5.74, 6) is 0. The van der Waals surface area contributed by atoms with Crippen LogP contribution in [-0.4, -0.2) is 43.2 Å². The monoisotopic (exact) mass is 259 g/mol. The van der Waals surface area contributed by atoms with E-state index in [0.29, 0.717) is 6.04 Å². The number of benzene rings is 1. The van der Waals surface area contributed by atoms with Crippen LogP contribution in [-0.2, 0) is 6.42 Å². The van der Waals surface area contributed by atoms with E-state index in [1.54, 1.807) is 0 Å². The zero-order valence-corrected chi connectivity index (χ0v) is 11.4. The van der Waals surface area contributed by atoms with Crippen LogP contribution in [0, 0.1) is 0 Å². The minimum Gasteiger partial charge on any atom is -0.319 e. The van der Waals surface area contributed by atoms with Crippen LogP contribution in [0.25, 0.3) is 0 Å². The molecule has 2 fully saturated rings. The Morgan fingerprint density at radius 1 is 1.26 bits per heavy atom. The van der Waals surface area contributed by atoms with Crippen LogP contribution in [0.3, 0.4) is 0 Å². The van der Waals surface area contributed by atoms with Gasteiger partial charge < -0.3 is 10.2 Å². The molecule has 1 N–H and O–H groups in total. The van der Waals surface area contributed by atoms with E-state index >= 15 is 0 Å². The maximum atomic E-state index is 12.5. The summed E-state index contributed by atoms with van der Waals surface area (Å²) in [5.41, 5.74) is 2.34. The standard InChI is InChI=1S/C15H21N3O/c1-2-12-3-5-13(6-4-12)17-9-7-14-11-16-8-10-18(14)15(17)19/h3-6,14,16H,2,7-11H2,1H3. The first-order valence-electron chi connectivity index (χ1n) is 7.17. The number of aryl methyl sites for hydroxylation is 1. The van der Waals surface area contributed by atoms with Gasteiger partial charge >= 0.3 is 6.03 Å². The van der Waals surface area contributed by atoms with Crippen molar-refractivity contribution < 1.29 is 4.79 Å². The predicted octanol–water partition coefficient (Wildman–Crippen LogP) is 1.85. The number of anilines is 1. The summed E-state index contributed by atoms with van der Waals surface area (Å²) < 4.78 is 0. The smallest absolute Gasteiger partial charge is 0.319 e. The molecular formula is C15H21N3O. The summed E-state index contributed by atoms with van der Waals surface area (Å²) in [6.45, 7) is 5.64. The molecule has 4 heteroatoms. The average Bonchev–Trinajstić information content (AvgIpc) is 2.48. The third-order valence-electron chi connectivity index (χ3n) is 4.17. The molecule has 1 aromatic rings. The maximum Gasteiger partial charge on any atom is 0.324 e. The van der Waals surface area contributed by atoms with Gasteiger partial charge in [-0.05, 0) is 30.5 Å². The summed E-state index contributed by atoms with van der Waals surface area (Å²) in [6, 6.07) is 8.92. The Kier molecular flexibility index (Phi) is 3.42. The number of rotatable bonds is 2. The molecule has 1 aromatic carbocycles. The molecule has 2 amide bonds. The molecule has 1 unspecified atom stereocenters. The first-order chi connectivity index (χ1) is 9.29. The molecule has 102 valence electrons. The number of nitrogens with zero attached hydrogens (tertiary/aromatic N) is 2. The Hall–Kier alpha value is -1.55. The Morgan fingerprint density at radius 3 is 2.79 bits per heavy atom. The summed E-state index contributed by atoms with van der Waals surface area (Å²) >= 11 is 0. The molecule has 1 atom stereocenters. The van der Waals surface area contributed by atoms with E-state index in [1.165, 1.54) is 5.56 Å².